The Morgan fingerprint density at radius 1 is 1.35 bits per heavy atom. The molecule has 0 radical (unpaired) electrons. The minimum absolute atomic E-state index is 0. The minimum atomic E-state index is -0.267. The molecule has 1 heterocycles. The largest absolute Gasteiger partial charge is 0.352 e. The molecule has 1 saturated heterocycles. The van der Waals surface area contributed by atoms with Gasteiger partial charge in [0.15, 0.2) is 0 Å². The maximum Gasteiger partial charge on any atom is 0.239 e. The fourth-order valence-electron chi connectivity index (χ4n) is 3.40. The van der Waals surface area contributed by atoms with Crippen LogP contribution in [0.5, 0.6) is 0 Å². The van der Waals surface area contributed by atoms with Crippen molar-refractivity contribution >= 4 is 24.2 Å². The molecular formula is C14H26ClN3O2. The van der Waals surface area contributed by atoms with Crippen molar-refractivity contribution in [2.75, 3.05) is 19.6 Å². The average molecular weight is 304 g/mol. The van der Waals surface area contributed by atoms with Gasteiger partial charge in [-0.25, -0.2) is 0 Å². The molecule has 0 aromatic heterocycles. The Bertz CT molecular complexity index is 362. The van der Waals surface area contributed by atoms with Gasteiger partial charge in [0.05, 0.1) is 12.0 Å². The molecule has 0 aromatic rings. The number of nitrogens with one attached hydrogen (secondary N) is 3. The molecule has 0 unspecified atom stereocenters. The van der Waals surface area contributed by atoms with Crippen molar-refractivity contribution in [1.29, 1.82) is 0 Å². The van der Waals surface area contributed by atoms with Gasteiger partial charge in [-0.1, -0.05) is 12.8 Å². The van der Waals surface area contributed by atoms with E-state index in [1.807, 2.05) is 13.8 Å². The zero-order valence-corrected chi connectivity index (χ0v) is 13.1. The summed E-state index contributed by atoms with van der Waals surface area (Å²) < 4.78 is 0. The highest BCUT2D eigenvalue weighted by Gasteiger charge is 2.49. The van der Waals surface area contributed by atoms with Gasteiger partial charge in [-0.05, 0) is 39.2 Å². The first-order chi connectivity index (χ1) is 9.04. The second kappa shape index (κ2) is 7.27. The summed E-state index contributed by atoms with van der Waals surface area (Å²) in [7, 11) is 0. The number of carbonyl (C=O) groups is 2. The Kier molecular flexibility index (Phi) is 6.27. The van der Waals surface area contributed by atoms with Gasteiger partial charge in [-0.15, -0.1) is 12.4 Å². The van der Waals surface area contributed by atoms with Gasteiger partial charge in [0.1, 0.15) is 0 Å². The normalized spacial score (nSPS) is 28.4. The molecule has 2 amide bonds. The SMILES string of the molecule is CC(C)NC(=O)CNC(=O)[C@@]12CCCC[C@H]1CNC2.Cl. The van der Waals surface area contributed by atoms with E-state index in [9.17, 15) is 9.59 Å². The van der Waals surface area contributed by atoms with Gasteiger partial charge in [-0.3, -0.25) is 9.59 Å². The lowest BCUT2D eigenvalue weighted by atomic mass is 9.67. The van der Waals surface area contributed by atoms with Crippen LogP contribution in [-0.2, 0) is 9.59 Å². The smallest absolute Gasteiger partial charge is 0.239 e. The van der Waals surface area contributed by atoms with E-state index in [0.717, 1.165) is 32.4 Å². The first-order valence-corrected chi connectivity index (χ1v) is 7.33. The van der Waals surface area contributed by atoms with Crippen LogP contribution in [0.1, 0.15) is 39.5 Å². The van der Waals surface area contributed by atoms with E-state index in [1.54, 1.807) is 0 Å². The highest BCUT2D eigenvalue weighted by molar-refractivity contribution is 5.88. The van der Waals surface area contributed by atoms with Crippen LogP contribution in [0.3, 0.4) is 0 Å². The van der Waals surface area contributed by atoms with Crippen LogP contribution in [0.15, 0.2) is 0 Å². The summed E-state index contributed by atoms with van der Waals surface area (Å²) in [6.07, 6.45) is 4.40. The minimum Gasteiger partial charge on any atom is -0.352 e. The van der Waals surface area contributed by atoms with Crippen molar-refractivity contribution in [3.8, 4) is 0 Å². The van der Waals surface area contributed by atoms with Crippen LogP contribution in [0.4, 0.5) is 0 Å². The summed E-state index contributed by atoms with van der Waals surface area (Å²) in [5, 5.41) is 8.96. The summed E-state index contributed by atoms with van der Waals surface area (Å²) in [6.45, 7) is 5.61. The molecule has 5 nitrogen and oxygen atoms in total. The Morgan fingerprint density at radius 3 is 2.80 bits per heavy atom. The molecule has 1 saturated carbocycles. The molecule has 0 bridgehead atoms. The Balaban J connectivity index is 0.00000200. The second-order valence-corrected chi connectivity index (χ2v) is 6.13. The van der Waals surface area contributed by atoms with Gasteiger partial charge in [0, 0.05) is 12.6 Å². The van der Waals surface area contributed by atoms with E-state index in [1.165, 1.54) is 6.42 Å². The predicted octanol–water partition coefficient (Wildman–Crippen LogP) is 0.829. The zero-order valence-electron chi connectivity index (χ0n) is 12.3. The molecule has 2 atom stereocenters. The van der Waals surface area contributed by atoms with Crippen LogP contribution in [0.2, 0.25) is 0 Å². The molecule has 1 aliphatic heterocycles. The summed E-state index contributed by atoms with van der Waals surface area (Å²) in [5.74, 6) is 0.383. The van der Waals surface area contributed by atoms with Crippen molar-refractivity contribution in [2.24, 2.45) is 11.3 Å². The van der Waals surface area contributed by atoms with Gasteiger partial charge < -0.3 is 16.0 Å². The summed E-state index contributed by atoms with van der Waals surface area (Å²) >= 11 is 0. The van der Waals surface area contributed by atoms with E-state index >= 15 is 0 Å². The molecule has 116 valence electrons. The number of hydrogen-bond acceptors (Lipinski definition) is 3. The highest BCUT2D eigenvalue weighted by atomic mass is 35.5. The van der Waals surface area contributed by atoms with Gasteiger partial charge in [-0.2, -0.15) is 0 Å². The number of carbonyl (C=O) groups excluding carboxylic acids is 2. The van der Waals surface area contributed by atoms with Crippen molar-refractivity contribution in [2.45, 2.75) is 45.6 Å². The number of halogens is 1. The standard InChI is InChI=1S/C14H25N3O2.ClH/c1-10(2)17-12(18)8-16-13(19)14-6-4-3-5-11(14)7-15-9-14;/h10-11,15H,3-9H2,1-2H3,(H,16,19)(H,17,18);1H/t11-,14+;/m0./s1. The summed E-state index contributed by atoms with van der Waals surface area (Å²) in [4.78, 5) is 24.0. The maximum atomic E-state index is 12.5. The van der Waals surface area contributed by atoms with E-state index in [-0.39, 0.29) is 42.2 Å². The molecule has 6 heteroatoms. The molecule has 3 N–H and O–H groups in total. The van der Waals surface area contributed by atoms with Crippen LogP contribution in [0, 0.1) is 11.3 Å². The molecular weight excluding hydrogens is 278 g/mol. The van der Waals surface area contributed by atoms with Crippen molar-refractivity contribution in [1.82, 2.24) is 16.0 Å². The first kappa shape index (κ1) is 17.2. The van der Waals surface area contributed by atoms with E-state index in [0.29, 0.717) is 5.92 Å². The Morgan fingerprint density at radius 2 is 2.10 bits per heavy atom. The summed E-state index contributed by atoms with van der Waals surface area (Å²) in [6, 6.07) is 0.109. The van der Waals surface area contributed by atoms with E-state index in [4.69, 9.17) is 0 Å². The van der Waals surface area contributed by atoms with Gasteiger partial charge in [0.25, 0.3) is 0 Å². The quantitative estimate of drug-likeness (QED) is 0.720. The van der Waals surface area contributed by atoms with E-state index < -0.39 is 0 Å². The van der Waals surface area contributed by atoms with Crippen LogP contribution >= 0.6 is 12.4 Å². The molecule has 0 aromatic carbocycles. The third kappa shape index (κ3) is 3.64. The predicted molar refractivity (Wildman–Crippen MR) is 80.8 cm³/mol. The number of fused-ring (bicyclic) bond motifs is 1. The lowest BCUT2D eigenvalue weighted by Gasteiger charge is -2.37. The lowest BCUT2D eigenvalue weighted by Crippen LogP contribution is -2.50. The molecule has 2 fully saturated rings. The van der Waals surface area contributed by atoms with Gasteiger partial charge in [0.2, 0.25) is 11.8 Å². The third-order valence-corrected chi connectivity index (χ3v) is 4.35. The lowest BCUT2D eigenvalue weighted by molar-refractivity contribution is -0.136. The Hall–Kier alpha value is -0.810. The first-order valence-electron chi connectivity index (χ1n) is 7.33. The highest BCUT2D eigenvalue weighted by Crippen LogP contribution is 2.43. The third-order valence-electron chi connectivity index (χ3n) is 4.35. The topological polar surface area (TPSA) is 70.2 Å². The monoisotopic (exact) mass is 303 g/mol. The number of rotatable bonds is 4. The molecule has 20 heavy (non-hydrogen) atoms. The van der Waals surface area contributed by atoms with Crippen LogP contribution in [-0.4, -0.2) is 37.5 Å². The fourth-order valence-corrected chi connectivity index (χ4v) is 3.40. The summed E-state index contributed by atoms with van der Waals surface area (Å²) in [5.41, 5.74) is -0.267. The van der Waals surface area contributed by atoms with Crippen LogP contribution in [0.25, 0.3) is 0 Å². The number of amides is 2. The van der Waals surface area contributed by atoms with E-state index in [2.05, 4.69) is 16.0 Å². The fraction of sp³-hybridized carbons (Fsp3) is 0.857. The van der Waals surface area contributed by atoms with Gasteiger partial charge >= 0.3 is 0 Å². The van der Waals surface area contributed by atoms with Crippen LogP contribution < -0.4 is 16.0 Å². The second-order valence-electron chi connectivity index (χ2n) is 6.13. The molecule has 0 spiro atoms. The average Bonchev–Trinajstić information content (AvgIpc) is 2.80. The van der Waals surface area contributed by atoms with Crippen molar-refractivity contribution < 1.29 is 9.59 Å². The zero-order chi connectivity index (χ0) is 13.9. The molecule has 1 aliphatic carbocycles. The Labute approximate surface area is 127 Å². The molecule has 2 aliphatic rings. The maximum absolute atomic E-state index is 12.5. The van der Waals surface area contributed by atoms with Crippen molar-refractivity contribution in [3.63, 3.8) is 0 Å². The van der Waals surface area contributed by atoms with Crippen molar-refractivity contribution in [3.05, 3.63) is 0 Å². The molecule has 2 rings (SSSR count). The number of hydrogen-bond donors (Lipinski definition) is 3.